The number of carbonyl (C=O) groups is 1. The molecule has 0 aliphatic rings. The summed E-state index contributed by atoms with van der Waals surface area (Å²) in [6.45, 7) is 5.54. The summed E-state index contributed by atoms with van der Waals surface area (Å²) in [5.74, 6) is 0.303. The fraction of sp³-hybridized carbons (Fsp3) is 0.211. The van der Waals surface area contributed by atoms with E-state index >= 15 is 0 Å². The summed E-state index contributed by atoms with van der Waals surface area (Å²) in [4.78, 5) is 24.1. The second-order valence-corrected chi connectivity index (χ2v) is 5.95. The summed E-state index contributed by atoms with van der Waals surface area (Å²) in [5, 5.41) is 3.48. The van der Waals surface area contributed by atoms with E-state index in [0.717, 1.165) is 18.6 Å². The first-order valence-corrected chi connectivity index (χ1v) is 8.58. The van der Waals surface area contributed by atoms with E-state index in [1.165, 1.54) is 0 Å². The van der Waals surface area contributed by atoms with Gasteiger partial charge in [-0.2, -0.15) is 0 Å². The van der Waals surface area contributed by atoms with Crippen molar-refractivity contribution >= 4 is 40.0 Å². The first kappa shape index (κ1) is 17.2. The fourth-order valence-corrected chi connectivity index (χ4v) is 2.74. The number of amides is 1. The number of aromatic nitrogens is 2. The van der Waals surface area contributed by atoms with Gasteiger partial charge in [0.1, 0.15) is 0 Å². The molecule has 0 unspecified atom stereocenters. The van der Waals surface area contributed by atoms with E-state index in [2.05, 4.69) is 15.3 Å². The second-order valence-electron chi connectivity index (χ2n) is 5.52. The topological polar surface area (TPSA) is 58.1 Å². The number of nitrogens with one attached hydrogen (secondary N) is 1. The average molecular weight is 355 g/mol. The molecule has 0 radical (unpaired) electrons. The van der Waals surface area contributed by atoms with E-state index in [1.807, 2.05) is 43.0 Å². The van der Waals surface area contributed by atoms with Crippen molar-refractivity contribution in [2.45, 2.75) is 13.8 Å². The minimum atomic E-state index is -0.289. The Labute approximate surface area is 151 Å². The largest absolute Gasteiger partial charge is 0.355 e. The smallest absolute Gasteiger partial charge is 0.278 e. The van der Waals surface area contributed by atoms with Gasteiger partial charge in [0, 0.05) is 23.8 Å². The molecule has 6 heteroatoms. The van der Waals surface area contributed by atoms with Crippen molar-refractivity contribution in [3.05, 3.63) is 59.2 Å². The number of nitrogens with zero attached hydrogens (tertiary/aromatic N) is 3. The van der Waals surface area contributed by atoms with E-state index in [9.17, 15) is 4.79 Å². The van der Waals surface area contributed by atoms with Crippen LogP contribution in [0, 0.1) is 0 Å². The molecular weight excluding hydrogens is 336 g/mol. The number of benzene rings is 2. The molecule has 25 heavy (non-hydrogen) atoms. The van der Waals surface area contributed by atoms with Crippen LogP contribution in [0.15, 0.2) is 48.5 Å². The summed E-state index contributed by atoms with van der Waals surface area (Å²) in [6, 6.07) is 14.5. The van der Waals surface area contributed by atoms with Gasteiger partial charge >= 0.3 is 0 Å². The Bertz CT molecular complexity index is 892. The predicted octanol–water partition coefficient (Wildman–Crippen LogP) is 4.38. The van der Waals surface area contributed by atoms with Crippen molar-refractivity contribution in [3.8, 4) is 0 Å². The molecule has 3 aromatic rings. The minimum absolute atomic E-state index is 0.289. The van der Waals surface area contributed by atoms with Gasteiger partial charge in [0.2, 0.25) is 0 Å². The zero-order valence-corrected chi connectivity index (χ0v) is 14.9. The number of para-hydroxylation sites is 2. The number of carbonyl (C=O) groups excluding carboxylic acids is 1. The van der Waals surface area contributed by atoms with Gasteiger partial charge in [0.25, 0.3) is 5.91 Å². The summed E-state index contributed by atoms with van der Waals surface area (Å²) in [7, 11) is 0. The van der Waals surface area contributed by atoms with E-state index in [0.29, 0.717) is 27.7 Å². The molecular formula is C19H19ClN4O. The molecule has 0 atom stereocenters. The van der Waals surface area contributed by atoms with Crippen LogP contribution in [0.2, 0.25) is 5.02 Å². The molecule has 1 aromatic heterocycles. The highest BCUT2D eigenvalue weighted by atomic mass is 35.5. The predicted molar refractivity (Wildman–Crippen MR) is 103 cm³/mol. The Morgan fingerprint density at radius 3 is 2.20 bits per heavy atom. The summed E-state index contributed by atoms with van der Waals surface area (Å²) >= 11 is 5.89. The Morgan fingerprint density at radius 2 is 1.60 bits per heavy atom. The summed E-state index contributed by atoms with van der Waals surface area (Å²) in [6.07, 6.45) is 0. The minimum Gasteiger partial charge on any atom is -0.355 e. The summed E-state index contributed by atoms with van der Waals surface area (Å²) in [5.41, 5.74) is 2.44. The van der Waals surface area contributed by atoms with Crippen molar-refractivity contribution < 1.29 is 4.79 Å². The molecule has 0 aliphatic carbocycles. The van der Waals surface area contributed by atoms with Crippen LogP contribution in [-0.2, 0) is 0 Å². The van der Waals surface area contributed by atoms with Gasteiger partial charge < -0.3 is 10.2 Å². The number of anilines is 2. The van der Waals surface area contributed by atoms with E-state index in [-0.39, 0.29) is 5.91 Å². The number of halogens is 1. The van der Waals surface area contributed by atoms with Gasteiger partial charge in [-0.1, -0.05) is 23.7 Å². The van der Waals surface area contributed by atoms with Crippen LogP contribution in [0.4, 0.5) is 11.5 Å². The maximum Gasteiger partial charge on any atom is 0.278 e. The Kier molecular flexibility index (Phi) is 5.14. The number of hydrogen-bond donors (Lipinski definition) is 1. The van der Waals surface area contributed by atoms with Gasteiger partial charge in [-0.05, 0) is 50.2 Å². The second kappa shape index (κ2) is 7.49. The van der Waals surface area contributed by atoms with Crippen LogP contribution in [-0.4, -0.2) is 29.0 Å². The molecule has 0 fully saturated rings. The first-order chi connectivity index (χ1) is 12.1. The molecule has 0 aliphatic heterocycles. The maximum absolute atomic E-state index is 12.8. The lowest BCUT2D eigenvalue weighted by Gasteiger charge is -2.22. The highest BCUT2D eigenvalue weighted by molar-refractivity contribution is 6.30. The van der Waals surface area contributed by atoms with Crippen molar-refractivity contribution in [2.75, 3.05) is 23.3 Å². The molecule has 1 N–H and O–H groups in total. The fourth-order valence-electron chi connectivity index (χ4n) is 2.61. The molecule has 5 nitrogen and oxygen atoms in total. The number of hydrogen-bond acceptors (Lipinski definition) is 4. The third-order valence-corrected chi connectivity index (χ3v) is 4.18. The molecule has 128 valence electrons. The number of fused-ring (bicyclic) bond motifs is 1. The number of rotatable bonds is 5. The third-order valence-electron chi connectivity index (χ3n) is 3.93. The molecule has 0 bridgehead atoms. The lowest BCUT2D eigenvalue weighted by atomic mass is 10.2. The molecule has 0 spiro atoms. The standard InChI is InChI=1S/C19H19ClN4O/c1-3-24(4-2)18-17(22-15-7-5-6-8-16(15)23-18)19(25)21-14-11-9-13(20)10-12-14/h5-12H,3-4H2,1-2H3,(H,21,25). The van der Waals surface area contributed by atoms with Crippen molar-refractivity contribution in [1.29, 1.82) is 0 Å². The lowest BCUT2D eigenvalue weighted by molar-refractivity contribution is 0.102. The van der Waals surface area contributed by atoms with Gasteiger partial charge in [0.05, 0.1) is 11.0 Å². The molecule has 0 saturated heterocycles. The van der Waals surface area contributed by atoms with Crippen molar-refractivity contribution in [3.63, 3.8) is 0 Å². The zero-order chi connectivity index (χ0) is 17.8. The van der Waals surface area contributed by atoms with Gasteiger partial charge in [0.15, 0.2) is 11.5 Å². The van der Waals surface area contributed by atoms with E-state index in [1.54, 1.807) is 24.3 Å². The SMILES string of the molecule is CCN(CC)c1nc2ccccc2nc1C(=O)Nc1ccc(Cl)cc1. The van der Waals surface area contributed by atoms with Gasteiger partial charge in [-0.15, -0.1) is 0 Å². The van der Waals surface area contributed by atoms with E-state index in [4.69, 9.17) is 11.6 Å². The van der Waals surface area contributed by atoms with Crippen LogP contribution in [0.5, 0.6) is 0 Å². The maximum atomic E-state index is 12.8. The molecule has 0 saturated carbocycles. The third kappa shape index (κ3) is 3.72. The molecule has 3 rings (SSSR count). The average Bonchev–Trinajstić information content (AvgIpc) is 2.64. The van der Waals surface area contributed by atoms with Crippen molar-refractivity contribution in [1.82, 2.24) is 9.97 Å². The first-order valence-electron chi connectivity index (χ1n) is 8.21. The molecule has 2 aromatic carbocycles. The Morgan fingerprint density at radius 1 is 1.00 bits per heavy atom. The van der Waals surface area contributed by atoms with Crippen molar-refractivity contribution in [2.24, 2.45) is 0 Å². The quantitative estimate of drug-likeness (QED) is 0.738. The van der Waals surface area contributed by atoms with Crippen LogP contribution in [0.3, 0.4) is 0 Å². The van der Waals surface area contributed by atoms with Crippen LogP contribution < -0.4 is 10.2 Å². The lowest BCUT2D eigenvalue weighted by Crippen LogP contribution is -2.27. The van der Waals surface area contributed by atoms with Crippen LogP contribution in [0.1, 0.15) is 24.3 Å². The highest BCUT2D eigenvalue weighted by Gasteiger charge is 2.20. The van der Waals surface area contributed by atoms with Gasteiger partial charge in [-0.3, -0.25) is 4.79 Å². The highest BCUT2D eigenvalue weighted by Crippen LogP contribution is 2.22. The summed E-state index contributed by atoms with van der Waals surface area (Å²) < 4.78 is 0. The van der Waals surface area contributed by atoms with Crippen LogP contribution in [0.25, 0.3) is 11.0 Å². The molecule has 1 amide bonds. The molecule has 1 heterocycles. The Balaban J connectivity index is 2.03. The van der Waals surface area contributed by atoms with Crippen LogP contribution >= 0.6 is 11.6 Å². The zero-order valence-electron chi connectivity index (χ0n) is 14.2. The normalized spacial score (nSPS) is 10.7. The van der Waals surface area contributed by atoms with E-state index < -0.39 is 0 Å². The Hall–Kier alpha value is -2.66. The van der Waals surface area contributed by atoms with Gasteiger partial charge in [-0.25, -0.2) is 9.97 Å². The monoisotopic (exact) mass is 354 g/mol.